The number of hydrogen-bond acceptors (Lipinski definition) is 6. The summed E-state index contributed by atoms with van der Waals surface area (Å²) in [5, 5.41) is 11.1. The number of methoxy groups -OCH3 is 2. The number of amides is 1. The average molecular weight is 462 g/mol. The van der Waals surface area contributed by atoms with Gasteiger partial charge in [0.15, 0.2) is 11.5 Å². The van der Waals surface area contributed by atoms with Crippen LogP contribution in [0.3, 0.4) is 0 Å². The van der Waals surface area contributed by atoms with Gasteiger partial charge in [0.2, 0.25) is 11.6 Å². The average Bonchev–Trinajstić information content (AvgIpc) is 3.22. The van der Waals surface area contributed by atoms with Crippen molar-refractivity contribution in [2.45, 2.75) is 33.1 Å². The molecule has 0 bridgehead atoms. The van der Waals surface area contributed by atoms with E-state index in [4.69, 9.17) is 9.47 Å². The third-order valence-corrected chi connectivity index (χ3v) is 5.50. The predicted octanol–water partition coefficient (Wildman–Crippen LogP) is 3.48. The molecule has 0 saturated carbocycles. The van der Waals surface area contributed by atoms with Crippen LogP contribution in [0, 0.1) is 13.8 Å². The Hall–Kier alpha value is -4.14. The van der Waals surface area contributed by atoms with E-state index >= 15 is 0 Å². The zero-order chi connectivity index (χ0) is 24.2. The third kappa shape index (κ3) is 4.78. The molecule has 1 N–H and O–H groups in total. The monoisotopic (exact) mass is 461 g/mol. The topological polar surface area (TPSA) is 99.8 Å². The lowest BCUT2D eigenvalue weighted by molar-refractivity contribution is -0.116. The molecule has 4 aromatic rings. The predicted molar refractivity (Wildman–Crippen MR) is 129 cm³/mol. The minimum Gasteiger partial charge on any atom is -0.493 e. The zero-order valence-corrected chi connectivity index (χ0v) is 19.7. The number of nitrogens with one attached hydrogen (secondary N) is 1. The summed E-state index contributed by atoms with van der Waals surface area (Å²) in [6, 6.07) is 11.2. The molecule has 9 nitrogen and oxygen atoms in total. The molecule has 9 heteroatoms. The first kappa shape index (κ1) is 23.0. The highest BCUT2D eigenvalue weighted by Crippen LogP contribution is 2.29. The van der Waals surface area contributed by atoms with E-state index in [2.05, 4.69) is 21.6 Å². The summed E-state index contributed by atoms with van der Waals surface area (Å²) in [7, 11) is 3.10. The van der Waals surface area contributed by atoms with Crippen molar-refractivity contribution >= 4 is 17.2 Å². The Balaban J connectivity index is 1.43. The van der Waals surface area contributed by atoms with Gasteiger partial charge in [-0.3, -0.25) is 18.6 Å². The molecule has 0 radical (unpaired) electrons. The smallest absolute Gasteiger partial charge is 0.300 e. The van der Waals surface area contributed by atoms with Crippen molar-refractivity contribution in [2.24, 2.45) is 0 Å². The van der Waals surface area contributed by atoms with Crippen LogP contribution >= 0.6 is 0 Å². The molecule has 176 valence electrons. The first-order chi connectivity index (χ1) is 16.4. The quantitative estimate of drug-likeness (QED) is 0.431. The highest BCUT2D eigenvalue weighted by molar-refractivity contribution is 5.91. The fourth-order valence-electron chi connectivity index (χ4n) is 3.94. The Morgan fingerprint density at radius 1 is 0.971 bits per heavy atom. The van der Waals surface area contributed by atoms with Crippen LogP contribution < -0.4 is 20.3 Å². The number of ether oxygens (including phenoxy) is 2. The zero-order valence-electron chi connectivity index (χ0n) is 19.7. The highest BCUT2D eigenvalue weighted by Gasteiger charge is 2.13. The van der Waals surface area contributed by atoms with Crippen molar-refractivity contribution in [1.82, 2.24) is 19.2 Å². The molecule has 0 spiro atoms. The number of hydrogen-bond donors (Lipinski definition) is 1. The molecule has 0 fully saturated rings. The summed E-state index contributed by atoms with van der Waals surface area (Å²) in [6.45, 7) is 3.99. The van der Waals surface area contributed by atoms with Gasteiger partial charge >= 0.3 is 5.56 Å². The number of carbonyl (C=O) groups excluding carboxylic acids is 1. The van der Waals surface area contributed by atoms with E-state index in [-0.39, 0.29) is 17.1 Å². The fraction of sp³-hybridized carbons (Fsp3) is 0.280. The van der Waals surface area contributed by atoms with Gasteiger partial charge in [-0.2, -0.15) is 0 Å². The number of rotatable bonds is 8. The minimum atomic E-state index is -0.238. The second-order valence-electron chi connectivity index (χ2n) is 8.10. The van der Waals surface area contributed by atoms with Gasteiger partial charge in [0, 0.05) is 42.7 Å². The lowest BCUT2D eigenvalue weighted by Gasteiger charge is -2.10. The van der Waals surface area contributed by atoms with Gasteiger partial charge in [0.1, 0.15) is 5.82 Å². The summed E-state index contributed by atoms with van der Waals surface area (Å²) in [5.74, 6) is 1.65. The Labute approximate surface area is 197 Å². The molecule has 0 aliphatic heterocycles. The summed E-state index contributed by atoms with van der Waals surface area (Å²) < 4.78 is 13.7. The molecule has 0 unspecified atom stereocenters. The van der Waals surface area contributed by atoms with Crippen molar-refractivity contribution in [3.8, 4) is 17.2 Å². The molecule has 2 aromatic heterocycles. The number of aryl methyl sites for hydroxylation is 3. The van der Waals surface area contributed by atoms with Crippen molar-refractivity contribution < 1.29 is 14.3 Å². The van der Waals surface area contributed by atoms with Crippen LogP contribution in [-0.4, -0.2) is 39.3 Å². The fourth-order valence-corrected chi connectivity index (χ4v) is 3.94. The van der Waals surface area contributed by atoms with Gasteiger partial charge in [0.25, 0.3) is 0 Å². The maximum atomic E-state index is 13.0. The summed E-state index contributed by atoms with van der Waals surface area (Å²) >= 11 is 0. The van der Waals surface area contributed by atoms with Crippen molar-refractivity contribution in [3.63, 3.8) is 0 Å². The van der Waals surface area contributed by atoms with Crippen molar-refractivity contribution in [1.29, 1.82) is 0 Å². The molecule has 0 aliphatic rings. The number of carbonyl (C=O) groups is 1. The summed E-state index contributed by atoms with van der Waals surface area (Å²) in [6.07, 6.45) is 4.87. The Kier molecular flexibility index (Phi) is 6.62. The normalized spacial score (nSPS) is 10.9. The molecular weight excluding hydrogens is 434 g/mol. The van der Waals surface area contributed by atoms with E-state index in [0.29, 0.717) is 42.3 Å². The molecule has 0 atom stereocenters. The van der Waals surface area contributed by atoms with Gasteiger partial charge in [-0.25, -0.2) is 0 Å². The van der Waals surface area contributed by atoms with E-state index in [1.54, 1.807) is 53.8 Å². The standard InChI is InChI=1S/C25H27N5O4/c1-16-12-17(2)14-19(13-16)29-10-11-30-22(27-28-24(30)25(29)32)6-5-7-23(31)26-18-8-9-20(33-3)21(15-18)34-4/h8-15H,5-7H2,1-4H3,(H,26,31). The van der Waals surface area contributed by atoms with Gasteiger partial charge in [-0.1, -0.05) is 6.07 Å². The number of anilines is 1. The first-order valence-corrected chi connectivity index (χ1v) is 11.0. The van der Waals surface area contributed by atoms with Crippen LogP contribution in [0.2, 0.25) is 0 Å². The summed E-state index contributed by atoms with van der Waals surface area (Å²) in [5.41, 5.74) is 3.60. The van der Waals surface area contributed by atoms with Crippen LogP contribution in [0.15, 0.2) is 53.6 Å². The van der Waals surface area contributed by atoms with Gasteiger partial charge < -0.3 is 14.8 Å². The van der Waals surface area contributed by atoms with Crippen LogP contribution in [0.25, 0.3) is 11.3 Å². The minimum absolute atomic E-state index is 0.127. The maximum absolute atomic E-state index is 13.0. The van der Waals surface area contributed by atoms with Crippen LogP contribution in [0.5, 0.6) is 11.5 Å². The molecule has 0 aliphatic carbocycles. The Morgan fingerprint density at radius 2 is 1.71 bits per heavy atom. The maximum Gasteiger partial charge on any atom is 0.300 e. The van der Waals surface area contributed by atoms with Crippen molar-refractivity contribution in [3.05, 3.63) is 76.1 Å². The van der Waals surface area contributed by atoms with E-state index in [9.17, 15) is 9.59 Å². The van der Waals surface area contributed by atoms with E-state index in [1.807, 2.05) is 26.0 Å². The molecule has 2 heterocycles. The van der Waals surface area contributed by atoms with Crippen LogP contribution in [-0.2, 0) is 11.2 Å². The molecule has 0 saturated heterocycles. The SMILES string of the molecule is COc1ccc(NC(=O)CCCc2nnc3c(=O)n(-c4cc(C)cc(C)c4)ccn23)cc1OC. The molecule has 4 rings (SSSR count). The third-order valence-electron chi connectivity index (χ3n) is 5.50. The van der Waals surface area contributed by atoms with Crippen molar-refractivity contribution in [2.75, 3.05) is 19.5 Å². The molecular formula is C25H27N5O4. The lowest BCUT2D eigenvalue weighted by Crippen LogP contribution is -2.20. The number of aromatic nitrogens is 4. The number of nitrogens with zero attached hydrogens (tertiary/aromatic N) is 4. The van der Waals surface area contributed by atoms with E-state index in [1.165, 1.54) is 0 Å². The number of fused-ring (bicyclic) bond motifs is 1. The van der Waals surface area contributed by atoms with E-state index < -0.39 is 0 Å². The second kappa shape index (κ2) is 9.78. The van der Waals surface area contributed by atoms with Crippen LogP contribution in [0.1, 0.15) is 29.8 Å². The van der Waals surface area contributed by atoms with Gasteiger partial charge in [0.05, 0.1) is 14.2 Å². The van der Waals surface area contributed by atoms with E-state index in [0.717, 1.165) is 16.8 Å². The molecule has 1 amide bonds. The lowest BCUT2D eigenvalue weighted by atomic mass is 10.1. The van der Waals surface area contributed by atoms with Crippen LogP contribution in [0.4, 0.5) is 5.69 Å². The summed E-state index contributed by atoms with van der Waals surface area (Å²) in [4.78, 5) is 25.4. The Bertz CT molecular complexity index is 1390. The van der Waals surface area contributed by atoms with Gasteiger partial charge in [-0.05, 0) is 55.7 Å². The number of benzene rings is 2. The Morgan fingerprint density at radius 3 is 2.41 bits per heavy atom. The highest BCUT2D eigenvalue weighted by atomic mass is 16.5. The first-order valence-electron chi connectivity index (χ1n) is 11.0. The van der Waals surface area contributed by atoms with Gasteiger partial charge in [-0.15, -0.1) is 10.2 Å². The molecule has 2 aromatic carbocycles. The molecule has 34 heavy (non-hydrogen) atoms. The second-order valence-corrected chi connectivity index (χ2v) is 8.10. The largest absolute Gasteiger partial charge is 0.493 e.